The van der Waals surface area contributed by atoms with E-state index in [0.717, 1.165) is 13.0 Å². The fraction of sp³-hybridized carbons (Fsp3) is 0.786. The maximum Gasteiger partial charge on any atom is 0.0534 e. The van der Waals surface area contributed by atoms with Crippen LogP contribution >= 0.6 is 0 Å². The van der Waals surface area contributed by atoms with Gasteiger partial charge in [0.1, 0.15) is 0 Å². The van der Waals surface area contributed by atoms with Gasteiger partial charge in [-0.05, 0) is 18.9 Å². The van der Waals surface area contributed by atoms with Crippen LogP contribution in [0.2, 0.25) is 0 Å². The number of nitrogens with two attached hydrogens (primary N) is 1. The van der Waals surface area contributed by atoms with Crippen LogP contribution in [0.1, 0.15) is 39.7 Å². The predicted octanol–water partition coefficient (Wildman–Crippen LogP) is 2.00. The van der Waals surface area contributed by atoms with Crippen molar-refractivity contribution in [3.8, 4) is 0 Å². The first-order valence-electron chi connectivity index (χ1n) is 6.69. The van der Waals surface area contributed by atoms with Gasteiger partial charge in [0.15, 0.2) is 0 Å². The van der Waals surface area contributed by atoms with Crippen molar-refractivity contribution in [2.75, 3.05) is 7.05 Å². The van der Waals surface area contributed by atoms with E-state index in [-0.39, 0.29) is 11.5 Å². The molecule has 1 aromatic rings. The van der Waals surface area contributed by atoms with Crippen LogP contribution in [0, 0.1) is 5.41 Å². The summed E-state index contributed by atoms with van der Waals surface area (Å²) in [6.07, 6.45) is 4.99. The molecular formula is C14H28N4. The molecule has 0 saturated carbocycles. The highest BCUT2D eigenvalue weighted by Crippen LogP contribution is 2.27. The van der Waals surface area contributed by atoms with Gasteiger partial charge in [0.25, 0.3) is 0 Å². The van der Waals surface area contributed by atoms with Crippen molar-refractivity contribution in [3.63, 3.8) is 0 Å². The van der Waals surface area contributed by atoms with Crippen LogP contribution in [0.25, 0.3) is 0 Å². The first-order valence-corrected chi connectivity index (χ1v) is 6.69. The summed E-state index contributed by atoms with van der Waals surface area (Å²) in [5.74, 6) is 0. The number of hydrogen-bond donors (Lipinski definition) is 1. The summed E-state index contributed by atoms with van der Waals surface area (Å²) < 4.78 is 1.84. The maximum absolute atomic E-state index is 6.30. The Morgan fingerprint density at radius 2 is 2.06 bits per heavy atom. The second-order valence-electron chi connectivity index (χ2n) is 6.32. The first kappa shape index (κ1) is 15.2. The topological polar surface area (TPSA) is 47.1 Å². The summed E-state index contributed by atoms with van der Waals surface area (Å²) in [7, 11) is 4.10. The number of hydrogen-bond acceptors (Lipinski definition) is 3. The highest BCUT2D eigenvalue weighted by atomic mass is 15.2. The number of aryl methyl sites for hydroxylation is 1. The molecule has 0 spiro atoms. The Balaban J connectivity index is 2.79. The van der Waals surface area contributed by atoms with E-state index in [9.17, 15) is 0 Å². The number of likely N-dealkylation sites (N-methyl/N-ethyl adjacent to an activating group) is 1. The molecule has 2 N–H and O–H groups in total. The second kappa shape index (κ2) is 5.85. The van der Waals surface area contributed by atoms with Crippen molar-refractivity contribution in [1.82, 2.24) is 14.7 Å². The fourth-order valence-electron chi connectivity index (χ4n) is 2.79. The van der Waals surface area contributed by atoms with Gasteiger partial charge >= 0.3 is 0 Å². The largest absolute Gasteiger partial charge is 0.326 e. The monoisotopic (exact) mass is 252 g/mol. The van der Waals surface area contributed by atoms with Crippen molar-refractivity contribution < 1.29 is 0 Å². The van der Waals surface area contributed by atoms with Crippen molar-refractivity contribution in [2.24, 2.45) is 18.2 Å². The molecule has 4 heteroatoms. The van der Waals surface area contributed by atoms with Crippen LogP contribution in [0.3, 0.4) is 0 Å². The second-order valence-corrected chi connectivity index (χ2v) is 6.32. The molecular weight excluding hydrogens is 224 g/mol. The van der Waals surface area contributed by atoms with Gasteiger partial charge in [-0.2, -0.15) is 5.10 Å². The summed E-state index contributed by atoms with van der Waals surface area (Å²) in [4.78, 5) is 2.35. The fourth-order valence-corrected chi connectivity index (χ4v) is 2.79. The van der Waals surface area contributed by atoms with Crippen LogP contribution in [0.5, 0.6) is 0 Å². The van der Waals surface area contributed by atoms with Crippen LogP contribution in [0.4, 0.5) is 0 Å². The van der Waals surface area contributed by atoms with E-state index in [4.69, 9.17) is 5.73 Å². The van der Waals surface area contributed by atoms with Crippen LogP contribution in [0.15, 0.2) is 12.4 Å². The molecule has 0 aliphatic heterocycles. The first-order chi connectivity index (χ1) is 8.25. The lowest BCUT2D eigenvalue weighted by Gasteiger charge is -2.41. The molecule has 2 unspecified atom stereocenters. The van der Waals surface area contributed by atoms with Crippen molar-refractivity contribution in [3.05, 3.63) is 18.0 Å². The average molecular weight is 252 g/mol. The highest BCUT2D eigenvalue weighted by molar-refractivity contribution is 5.04. The third-order valence-electron chi connectivity index (χ3n) is 3.43. The third-order valence-corrected chi connectivity index (χ3v) is 3.43. The lowest BCUT2D eigenvalue weighted by molar-refractivity contribution is 0.0939. The highest BCUT2D eigenvalue weighted by Gasteiger charge is 2.32. The smallest absolute Gasteiger partial charge is 0.0534 e. The maximum atomic E-state index is 6.30. The summed E-state index contributed by atoms with van der Waals surface area (Å²) in [6.45, 7) is 9.82. The van der Waals surface area contributed by atoms with E-state index >= 15 is 0 Å². The lowest BCUT2D eigenvalue weighted by Crippen LogP contribution is -2.52. The Hall–Kier alpha value is -0.870. The van der Waals surface area contributed by atoms with E-state index in [2.05, 4.69) is 50.9 Å². The van der Waals surface area contributed by atoms with Gasteiger partial charge in [-0.15, -0.1) is 0 Å². The summed E-state index contributed by atoms with van der Waals surface area (Å²) >= 11 is 0. The van der Waals surface area contributed by atoms with Gasteiger partial charge in [-0.1, -0.05) is 27.7 Å². The zero-order valence-corrected chi connectivity index (χ0v) is 12.6. The minimum Gasteiger partial charge on any atom is -0.326 e. The van der Waals surface area contributed by atoms with E-state index < -0.39 is 0 Å². The lowest BCUT2D eigenvalue weighted by atomic mass is 9.80. The number of rotatable bonds is 5. The molecule has 1 heterocycles. The van der Waals surface area contributed by atoms with E-state index in [0.29, 0.717) is 6.04 Å². The molecule has 0 radical (unpaired) electrons. The van der Waals surface area contributed by atoms with Crippen molar-refractivity contribution in [2.45, 2.75) is 52.7 Å². The molecule has 104 valence electrons. The molecule has 0 aromatic carbocycles. The molecule has 1 aromatic heterocycles. The van der Waals surface area contributed by atoms with E-state index in [1.54, 1.807) is 0 Å². The summed E-state index contributed by atoms with van der Waals surface area (Å²) in [5.41, 5.74) is 7.71. The molecule has 0 bridgehead atoms. The van der Waals surface area contributed by atoms with Gasteiger partial charge in [-0.3, -0.25) is 9.58 Å². The average Bonchev–Trinajstić information content (AvgIpc) is 2.61. The number of nitrogens with zero attached hydrogens (tertiary/aromatic N) is 3. The minimum atomic E-state index is 0.173. The SMILES string of the molecule is CCC(N)C(N(C)Cc1cnn(C)c1)C(C)(C)C. The van der Waals surface area contributed by atoms with Crippen LogP contribution < -0.4 is 5.73 Å². The molecule has 4 nitrogen and oxygen atoms in total. The predicted molar refractivity (Wildman–Crippen MR) is 76.2 cm³/mol. The number of aromatic nitrogens is 2. The van der Waals surface area contributed by atoms with E-state index in [1.807, 2.05) is 17.9 Å². The van der Waals surface area contributed by atoms with Gasteiger partial charge in [0.05, 0.1) is 6.20 Å². The normalized spacial score (nSPS) is 16.0. The summed E-state index contributed by atoms with van der Waals surface area (Å²) in [6, 6.07) is 0.564. The summed E-state index contributed by atoms with van der Waals surface area (Å²) in [5, 5.41) is 4.21. The molecule has 1 rings (SSSR count). The van der Waals surface area contributed by atoms with Crippen molar-refractivity contribution >= 4 is 0 Å². The van der Waals surface area contributed by atoms with Crippen LogP contribution in [-0.4, -0.2) is 33.8 Å². The Labute approximate surface area is 111 Å². The van der Waals surface area contributed by atoms with Gasteiger partial charge in [-0.25, -0.2) is 0 Å². The molecule has 18 heavy (non-hydrogen) atoms. The van der Waals surface area contributed by atoms with Crippen LogP contribution in [-0.2, 0) is 13.6 Å². The Morgan fingerprint density at radius 1 is 1.44 bits per heavy atom. The quantitative estimate of drug-likeness (QED) is 0.872. The van der Waals surface area contributed by atoms with Gasteiger partial charge in [0.2, 0.25) is 0 Å². The Bertz CT molecular complexity index is 364. The molecule has 0 aliphatic carbocycles. The van der Waals surface area contributed by atoms with Gasteiger partial charge in [0, 0.05) is 37.4 Å². The zero-order chi connectivity index (χ0) is 13.9. The molecule has 0 amide bonds. The van der Waals surface area contributed by atoms with E-state index in [1.165, 1.54) is 5.56 Å². The standard InChI is InChI=1S/C14H28N4/c1-7-12(15)13(14(2,3)4)17(5)9-11-8-16-18(6)10-11/h8,10,12-13H,7,9,15H2,1-6H3. The molecule has 0 aliphatic rings. The third kappa shape index (κ3) is 3.82. The zero-order valence-electron chi connectivity index (χ0n) is 12.6. The Kier molecular flexibility index (Phi) is 4.93. The van der Waals surface area contributed by atoms with Crippen molar-refractivity contribution in [1.29, 1.82) is 0 Å². The van der Waals surface area contributed by atoms with Gasteiger partial charge < -0.3 is 5.73 Å². The Morgan fingerprint density at radius 3 is 2.44 bits per heavy atom. The molecule has 0 fully saturated rings. The molecule has 2 atom stereocenters. The minimum absolute atomic E-state index is 0.173. The molecule has 0 saturated heterocycles.